The van der Waals surface area contributed by atoms with E-state index in [1.807, 2.05) is 0 Å². The van der Waals surface area contributed by atoms with Crippen LogP contribution in [-0.4, -0.2) is 64.3 Å². The van der Waals surface area contributed by atoms with Crippen molar-refractivity contribution in [2.75, 3.05) is 18.6 Å². The number of carbonyl (C=O) groups is 1. The lowest BCUT2D eigenvalue weighted by atomic mass is 10.2. The predicted molar refractivity (Wildman–Crippen MR) is 96.9 cm³/mol. The molecule has 3 rings (SSSR count). The van der Waals surface area contributed by atoms with Crippen LogP contribution in [0.4, 0.5) is 4.39 Å². The van der Waals surface area contributed by atoms with Crippen LogP contribution in [0.3, 0.4) is 0 Å². The van der Waals surface area contributed by atoms with E-state index in [9.17, 15) is 17.6 Å². The number of carbonyl (C=O) groups excluding carboxylic acids is 1. The van der Waals surface area contributed by atoms with Crippen LogP contribution in [0.2, 0.25) is 0 Å². The van der Waals surface area contributed by atoms with Gasteiger partial charge in [0.05, 0.1) is 22.3 Å². The monoisotopic (exact) mass is 398 g/mol. The largest absolute Gasteiger partial charge is 0.341 e. The van der Waals surface area contributed by atoms with Crippen molar-refractivity contribution in [3.8, 4) is 11.4 Å². The number of aromatic amines is 1. The molecule has 1 saturated heterocycles. The number of hydrogen-bond donors (Lipinski definition) is 1. The summed E-state index contributed by atoms with van der Waals surface area (Å²) in [7, 11) is -1.44. The summed E-state index contributed by atoms with van der Waals surface area (Å²) in [4.78, 5) is 18.3. The SMILES string of the molecule is C[C@H](Sc1n[nH]c(-c2ccccc2F)n1)C(=O)N(C)[C@H]1CCS(=O)(=O)C1. The van der Waals surface area contributed by atoms with Crippen molar-refractivity contribution in [1.82, 2.24) is 20.1 Å². The molecule has 0 aliphatic carbocycles. The maximum Gasteiger partial charge on any atom is 0.235 e. The molecule has 26 heavy (non-hydrogen) atoms. The molecule has 10 heteroatoms. The molecule has 0 radical (unpaired) electrons. The van der Waals surface area contributed by atoms with Crippen molar-refractivity contribution in [3.63, 3.8) is 0 Å². The first kappa shape index (κ1) is 18.8. The molecular formula is C16H19FN4O3S2. The number of nitrogens with one attached hydrogen (secondary N) is 1. The number of halogens is 1. The molecule has 2 aromatic rings. The van der Waals surface area contributed by atoms with Crippen LogP contribution in [0.1, 0.15) is 13.3 Å². The van der Waals surface area contributed by atoms with Crippen LogP contribution >= 0.6 is 11.8 Å². The summed E-state index contributed by atoms with van der Waals surface area (Å²) in [5.41, 5.74) is 0.305. The number of thioether (sulfide) groups is 1. The van der Waals surface area contributed by atoms with Gasteiger partial charge in [-0.25, -0.2) is 17.8 Å². The van der Waals surface area contributed by atoms with E-state index < -0.39 is 20.9 Å². The summed E-state index contributed by atoms with van der Waals surface area (Å²) in [6, 6.07) is 5.92. The van der Waals surface area contributed by atoms with E-state index in [4.69, 9.17) is 0 Å². The predicted octanol–water partition coefficient (Wildman–Crippen LogP) is 1.74. The lowest BCUT2D eigenvalue weighted by Crippen LogP contribution is -2.41. The summed E-state index contributed by atoms with van der Waals surface area (Å²) in [5.74, 6) is -0.185. The Morgan fingerprint density at radius 3 is 2.81 bits per heavy atom. The van der Waals surface area contributed by atoms with Gasteiger partial charge in [-0.3, -0.25) is 9.89 Å². The van der Waals surface area contributed by atoms with E-state index in [0.717, 1.165) is 11.8 Å². The summed E-state index contributed by atoms with van der Waals surface area (Å²) in [5, 5.41) is 6.54. The molecule has 1 amide bonds. The third-order valence-corrected chi connectivity index (χ3v) is 7.03. The highest BCUT2D eigenvalue weighted by Crippen LogP contribution is 2.26. The number of nitrogens with zero attached hydrogens (tertiary/aromatic N) is 3. The number of sulfone groups is 1. The Kier molecular flexibility index (Phi) is 5.33. The lowest BCUT2D eigenvalue weighted by Gasteiger charge is -2.25. The van der Waals surface area contributed by atoms with Gasteiger partial charge in [0.2, 0.25) is 11.1 Å². The molecule has 0 saturated carbocycles. The fourth-order valence-corrected chi connectivity index (χ4v) is 5.43. The number of hydrogen-bond acceptors (Lipinski definition) is 6. The number of rotatable bonds is 5. The standard InChI is InChI=1S/C16H19FN4O3S2/c1-10(15(22)21(2)11-7-8-26(23,24)9-11)25-16-18-14(19-20-16)12-5-3-4-6-13(12)17/h3-6,10-11H,7-9H2,1-2H3,(H,18,19,20)/t10-,11-/m0/s1. The molecule has 1 aliphatic heterocycles. The fraction of sp³-hybridized carbons (Fsp3) is 0.438. The Bertz CT molecular complexity index is 916. The normalized spacial score (nSPS) is 20.0. The van der Waals surface area contributed by atoms with Crippen molar-refractivity contribution in [2.45, 2.75) is 29.8 Å². The zero-order valence-corrected chi connectivity index (χ0v) is 16.0. The molecule has 0 spiro atoms. The van der Waals surface area contributed by atoms with E-state index in [0.29, 0.717) is 23.0 Å². The molecule has 0 unspecified atom stereocenters. The minimum atomic E-state index is -3.06. The van der Waals surface area contributed by atoms with E-state index in [1.165, 1.54) is 11.0 Å². The number of amides is 1. The Morgan fingerprint density at radius 1 is 1.42 bits per heavy atom. The third kappa shape index (κ3) is 4.07. The zero-order valence-electron chi connectivity index (χ0n) is 14.3. The highest BCUT2D eigenvalue weighted by molar-refractivity contribution is 8.00. The minimum absolute atomic E-state index is 0.00468. The number of aromatic nitrogens is 3. The van der Waals surface area contributed by atoms with Crippen molar-refractivity contribution >= 4 is 27.5 Å². The van der Waals surface area contributed by atoms with Crippen molar-refractivity contribution in [3.05, 3.63) is 30.1 Å². The van der Waals surface area contributed by atoms with E-state index in [-0.39, 0.29) is 23.5 Å². The van der Waals surface area contributed by atoms with Crippen molar-refractivity contribution < 1.29 is 17.6 Å². The van der Waals surface area contributed by atoms with Crippen LogP contribution in [0.25, 0.3) is 11.4 Å². The summed E-state index contributed by atoms with van der Waals surface area (Å²) >= 11 is 1.14. The lowest BCUT2D eigenvalue weighted by molar-refractivity contribution is -0.130. The van der Waals surface area contributed by atoms with Gasteiger partial charge in [0, 0.05) is 13.1 Å². The molecule has 1 aliphatic rings. The second-order valence-corrected chi connectivity index (χ2v) is 9.75. The molecule has 1 aromatic carbocycles. The minimum Gasteiger partial charge on any atom is -0.341 e. The maximum absolute atomic E-state index is 13.8. The second kappa shape index (κ2) is 7.36. The average Bonchev–Trinajstić information content (AvgIpc) is 3.20. The Balaban J connectivity index is 1.66. The first-order valence-corrected chi connectivity index (χ1v) is 10.8. The second-order valence-electron chi connectivity index (χ2n) is 6.21. The van der Waals surface area contributed by atoms with Crippen molar-refractivity contribution in [1.29, 1.82) is 0 Å². The van der Waals surface area contributed by atoms with E-state index >= 15 is 0 Å². The smallest absolute Gasteiger partial charge is 0.235 e. The molecule has 2 atom stereocenters. The number of H-pyrrole nitrogens is 1. The molecule has 140 valence electrons. The summed E-state index contributed by atoms with van der Waals surface area (Å²) in [6.45, 7) is 1.71. The quantitative estimate of drug-likeness (QED) is 0.771. The number of benzene rings is 1. The molecule has 0 bridgehead atoms. The molecular weight excluding hydrogens is 379 g/mol. The molecule has 1 fully saturated rings. The molecule has 7 nitrogen and oxygen atoms in total. The van der Waals surface area contributed by atoms with Gasteiger partial charge < -0.3 is 4.90 Å². The zero-order chi connectivity index (χ0) is 18.9. The van der Waals surface area contributed by atoms with Crippen LogP contribution in [0.5, 0.6) is 0 Å². The topological polar surface area (TPSA) is 96.0 Å². The van der Waals surface area contributed by atoms with Gasteiger partial charge in [-0.2, -0.15) is 0 Å². The molecule has 1 aromatic heterocycles. The van der Waals surface area contributed by atoms with Crippen LogP contribution in [0, 0.1) is 5.82 Å². The Labute approximate surface area is 155 Å². The first-order chi connectivity index (χ1) is 12.3. The van der Waals surface area contributed by atoms with Gasteiger partial charge >= 0.3 is 0 Å². The third-order valence-electron chi connectivity index (χ3n) is 4.33. The highest BCUT2D eigenvalue weighted by Gasteiger charge is 2.34. The molecule has 1 N–H and O–H groups in total. The van der Waals surface area contributed by atoms with Crippen LogP contribution in [0.15, 0.2) is 29.4 Å². The van der Waals surface area contributed by atoms with Crippen LogP contribution < -0.4 is 0 Å². The Hall–Kier alpha value is -1.94. The first-order valence-electron chi connectivity index (χ1n) is 8.08. The fourth-order valence-electron chi connectivity index (χ4n) is 2.83. The van der Waals surface area contributed by atoms with Crippen molar-refractivity contribution in [2.24, 2.45) is 0 Å². The van der Waals surface area contributed by atoms with E-state index in [1.54, 1.807) is 32.2 Å². The average molecular weight is 398 g/mol. The van der Waals surface area contributed by atoms with Gasteiger partial charge in [-0.05, 0) is 25.5 Å². The van der Waals surface area contributed by atoms with Gasteiger partial charge in [0.25, 0.3) is 0 Å². The van der Waals surface area contributed by atoms with Gasteiger partial charge in [-0.15, -0.1) is 5.10 Å². The summed E-state index contributed by atoms with van der Waals surface area (Å²) < 4.78 is 37.0. The van der Waals surface area contributed by atoms with Gasteiger partial charge in [-0.1, -0.05) is 23.9 Å². The Morgan fingerprint density at radius 2 is 2.15 bits per heavy atom. The molecule has 2 heterocycles. The maximum atomic E-state index is 13.8. The summed E-state index contributed by atoms with van der Waals surface area (Å²) in [6.07, 6.45) is 0.458. The van der Waals surface area contributed by atoms with Gasteiger partial charge in [0.15, 0.2) is 15.7 Å². The van der Waals surface area contributed by atoms with Gasteiger partial charge in [0.1, 0.15) is 5.82 Å². The van der Waals surface area contributed by atoms with E-state index in [2.05, 4.69) is 15.2 Å². The highest BCUT2D eigenvalue weighted by atomic mass is 32.2. The van der Waals surface area contributed by atoms with Crippen LogP contribution in [-0.2, 0) is 14.6 Å².